The highest BCUT2D eigenvalue weighted by atomic mass is 35.5. The summed E-state index contributed by atoms with van der Waals surface area (Å²) in [5, 5.41) is 3.38. The summed E-state index contributed by atoms with van der Waals surface area (Å²) in [6.45, 7) is 4.75. The lowest BCUT2D eigenvalue weighted by Gasteiger charge is -2.31. The molecular formula is C13H18ClN3O2. The van der Waals surface area contributed by atoms with E-state index < -0.39 is 0 Å². The lowest BCUT2D eigenvalue weighted by Crippen LogP contribution is -2.47. The van der Waals surface area contributed by atoms with Gasteiger partial charge in [0.05, 0.1) is 30.6 Å². The van der Waals surface area contributed by atoms with E-state index in [4.69, 9.17) is 22.1 Å². The summed E-state index contributed by atoms with van der Waals surface area (Å²) in [5.41, 5.74) is 6.88. The van der Waals surface area contributed by atoms with Gasteiger partial charge in [-0.3, -0.25) is 9.69 Å². The third-order valence-corrected chi connectivity index (χ3v) is 3.48. The summed E-state index contributed by atoms with van der Waals surface area (Å²) in [5.74, 6) is -0.0732. The molecule has 1 aliphatic heterocycles. The molecular weight excluding hydrogens is 266 g/mol. The first-order valence-corrected chi connectivity index (χ1v) is 6.63. The van der Waals surface area contributed by atoms with Crippen molar-refractivity contribution in [2.75, 3.05) is 37.4 Å². The number of halogens is 1. The number of benzene rings is 1. The summed E-state index contributed by atoms with van der Waals surface area (Å²) < 4.78 is 5.27. The summed E-state index contributed by atoms with van der Waals surface area (Å²) in [4.78, 5) is 14.3. The van der Waals surface area contributed by atoms with Crippen LogP contribution in [0.1, 0.15) is 6.92 Å². The smallest absolute Gasteiger partial charge is 0.241 e. The number of amides is 1. The highest BCUT2D eigenvalue weighted by Crippen LogP contribution is 2.23. The van der Waals surface area contributed by atoms with Gasteiger partial charge >= 0.3 is 0 Å². The molecule has 5 nitrogen and oxygen atoms in total. The van der Waals surface area contributed by atoms with Crippen molar-refractivity contribution in [2.24, 2.45) is 0 Å². The fraction of sp³-hybridized carbons (Fsp3) is 0.462. The van der Waals surface area contributed by atoms with Crippen LogP contribution in [0.3, 0.4) is 0 Å². The molecule has 3 N–H and O–H groups in total. The topological polar surface area (TPSA) is 67.6 Å². The van der Waals surface area contributed by atoms with E-state index in [-0.39, 0.29) is 11.9 Å². The molecule has 1 amide bonds. The van der Waals surface area contributed by atoms with Crippen LogP contribution >= 0.6 is 11.6 Å². The van der Waals surface area contributed by atoms with E-state index >= 15 is 0 Å². The fourth-order valence-electron chi connectivity index (χ4n) is 2.02. The molecule has 0 spiro atoms. The summed E-state index contributed by atoms with van der Waals surface area (Å²) in [6.07, 6.45) is 0. The highest BCUT2D eigenvalue weighted by molar-refractivity contribution is 6.31. The zero-order valence-electron chi connectivity index (χ0n) is 10.9. The van der Waals surface area contributed by atoms with Gasteiger partial charge < -0.3 is 15.8 Å². The Labute approximate surface area is 117 Å². The molecule has 6 heteroatoms. The zero-order chi connectivity index (χ0) is 13.8. The molecule has 1 atom stereocenters. The molecule has 1 unspecified atom stereocenters. The number of nitrogens with one attached hydrogen (secondary N) is 1. The van der Waals surface area contributed by atoms with Crippen LogP contribution in [0.4, 0.5) is 11.4 Å². The van der Waals surface area contributed by atoms with E-state index in [9.17, 15) is 4.79 Å². The van der Waals surface area contributed by atoms with Crippen molar-refractivity contribution in [1.82, 2.24) is 4.90 Å². The molecule has 1 aromatic carbocycles. The summed E-state index contributed by atoms with van der Waals surface area (Å²) >= 11 is 5.82. The average molecular weight is 284 g/mol. The normalized spacial score (nSPS) is 18.0. The molecule has 1 saturated heterocycles. The number of rotatable bonds is 3. The molecule has 1 fully saturated rings. The van der Waals surface area contributed by atoms with Gasteiger partial charge in [-0.05, 0) is 25.1 Å². The summed E-state index contributed by atoms with van der Waals surface area (Å²) in [7, 11) is 0. The minimum atomic E-state index is -0.209. The first-order chi connectivity index (χ1) is 9.08. The predicted molar refractivity (Wildman–Crippen MR) is 76.3 cm³/mol. The number of nitrogen functional groups attached to an aromatic ring is 1. The van der Waals surface area contributed by atoms with Crippen LogP contribution in [-0.2, 0) is 9.53 Å². The van der Waals surface area contributed by atoms with Crippen molar-refractivity contribution in [1.29, 1.82) is 0 Å². The Bertz CT molecular complexity index is 461. The lowest BCUT2D eigenvalue weighted by atomic mass is 10.2. The number of hydrogen-bond acceptors (Lipinski definition) is 4. The van der Waals surface area contributed by atoms with Gasteiger partial charge in [-0.15, -0.1) is 0 Å². The van der Waals surface area contributed by atoms with Crippen molar-refractivity contribution in [3.05, 3.63) is 23.2 Å². The maximum absolute atomic E-state index is 12.2. The molecule has 2 rings (SSSR count). The number of ether oxygens (including phenoxy) is 1. The molecule has 1 aliphatic rings. The quantitative estimate of drug-likeness (QED) is 0.827. The summed E-state index contributed by atoms with van der Waals surface area (Å²) in [6, 6.07) is 4.82. The SMILES string of the molecule is CC(C(=O)Nc1ccc(Cl)cc1N)N1CCOCC1. The lowest BCUT2D eigenvalue weighted by molar-refractivity contribution is -0.122. The molecule has 0 radical (unpaired) electrons. The van der Waals surface area contributed by atoms with Crippen LogP contribution in [-0.4, -0.2) is 43.2 Å². The van der Waals surface area contributed by atoms with Crippen molar-refractivity contribution >= 4 is 28.9 Å². The van der Waals surface area contributed by atoms with Gasteiger partial charge in [-0.25, -0.2) is 0 Å². The van der Waals surface area contributed by atoms with E-state index in [2.05, 4.69) is 10.2 Å². The first kappa shape index (κ1) is 14.1. The van der Waals surface area contributed by atoms with Gasteiger partial charge in [0.25, 0.3) is 0 Å². The molecule has 0 aliphatic carbocycles. The highest BCUT2D eigenvalue weighted by Gasteiger charge is 2.23. The third kappa shape index (κ3) is 3.59. The minimum Gasteiger partial charge on any atom is -0.397 e. The van der Waals surface area contributed by atoms with Crippen LogP contribution in [0.15, 0.2) is 18.2 Å². The number of carbonyl (C=O) groups excluding carboxylic acids is 1. The maximum atomic E-state index is 12.2. The standard InChI is InChI=1S/C13H18ClN3O2/c1-9(17-4-6-19-7-5-17)13(18)16-12-3-2-10(14)8-11(12)15/h2-3,8-9H,4-7,15H2,1H3,(H,16,18). The van der Waals surface area contributed by atoms with Crippen molar-refractivity contribution < 1.29 is 9.53 Å². The number of nitrogens with two attached hydrogens (primary N) is 1. The second kappa shape index (κ2) is 6.23. The van der Waals surface area contributed by atoms with E-state index in [0.717, 1.165) is 13.1 Å². The second-order valence-electron chi connectivity index (χ2n) is 4.55. The van der Waals surface area contributed by atoms with E-state index in [1.165, 1.54) is 0 Å². The van der Waals surface area contributed by atoms with Gasteiger partial charge in [0.15, 0.2) is 0 Å². The van der Waals surface area contributed by atoms with Gasteiger partial charge in [-0.1, -0.05) is 11.6 Å². The molecule has 19 heavy (non-hydrogen) atoms. The first-order valence-electron chi connectivity index (χ1n) is 6.25. The number of carbonyl (C=O) groups is 1. The average Bonchev–Trinajstić information content (AvgIpc) is 2.42. The second-order valence-corrected chi connectivity index (χ2v) is 4.98. The number of anilines is 2. The number of nitrogens with zero attached hydrogens (tertiary/aromatic N) is 1. The molecule has 0 aromatic heterocycles. The van der Waals surface area contributed by atoms with Crippen molar-refractivity contribution in [3.63, 3.8) is 0 Å². The van der Waals surface area contributed by atoms with Crippen molar-refractivity contribution in [2.45, 2.75) is 13.0 Å². The van der Waals surface area contributed by atoms with Crippen LogP contribution in [0, 0.1) is 0 Å². The molecule has 1 heterocycles. The van der Waals surface area contributed by atoms with Crippen LogP contribution in [0.25, 0.3) is 0 Å². The predicted octanol–water partition coefficient (Wildman–Crippen LogP) is 1.58. The van der Waals surface area contributed by atoms with Gasteiger partial charge in [0.2, 0.25) is 5.91 Å². The van der Waals surface area contributed by atoms with Crippen molar-refractivity contribution in [3.8, 4) is 0 Å². The third-order valence-electron chi connectivity index (χ3n) is 3.24. The molecule has 0 bridgehead atoms. The fourth-order valence-corrected chi connectivity index (χ4v) is 2.20. The Morgan fingerprint density at radius 2 is 2.16 bits per heavy atom. The number of hydrogen-bond donors (Lipinski definition) is 2. The number of morpholine rings is 1. The van der Waals surface area contributed by atoms with Gasteiger partial charge in [-0.2, -0.15) is 0 Å². The minimum absolute atomic E-state index is 0.0732. The van der Waals surface area contributed by atoms with E-state index in [1.54, 1.807) is 18.2 Å². The maximum Gasteiger partial charge on any atom is 0.241 e. The Hall–Kier alpha value is -1.30. The molecule has 1 aromatic rings. The monoisotopic (exact) mass is 283 g/mol. The molecule has 0 saturated carbocycles. The van der Waals surface area contributed by atoms with E-state index in [0.29, 0.717) is 29.6 Å². The van der Waals surface area contributed by atoms with Crippen LogP contribution in [0.5, 0.6) is 0 Å². The Balaban J connectivity index is 1.99. The zero-order valence-corrected chi connectivity index (χ0v) is 11.6. The van der Waals surface area contributed by atoms with Crippen LogP contribution in [0.2, 0.25) is 5.02 Å². The Morgan fingerprint density at radius 1 is 1.47 bits per heavy atom. The van der Waals surface area contributed by atoms with Crippen LogP contribution < -0.4 is 11.1 Å². The Morgan fingerprint density at radius 3 is 2.79 bits per heavy atom. The largest absolute Gasteiger partial charge is 0.397 e. The molecule has 104 valence electrons. The Kier molecular flexibility index (Phi) is 4.63. The van der Waals surface area contributed by atoms with Gasteiger partial charge in [0.1, 0.15) is 0 Å². The van der Waals surface area contributed by atoms with E-state index in [1.807, 2.05) is 6.92 Å². The van der Waals surface area contributed by atoms with Gasteiger partial charge in [0, 0.05) is 18.1 Å².